The van der Waals surface area contributed by atoms with Gasteiger partial charge < -0.3 is 5.73 Å². The van der Waals surface area contributed by atoms with Crippen molar-refractivity contribution < 1.29 is 9.63 Å². The van der Waals surface area contributed by atoms with E-state index < -0.39 is 0 Å². The standard InChI is InChI=1S/C11H22N2O2/c1-8(2)10(12)7-11(14)13-15-9-5-3-4-6-9/h8-10H,3-7,12H2,1-2H3,(H,13,14). The molecule has 1 aliphatic carbocycles. The minimum atomic E-state index is -0.108. The van der Waals surface area contributed by atoms with Gasteiger partial charge in [0, 0.05) is 12.5 Å². The summed E-state index contributed by atoms with van der Waals surface area (Å²) >= 11 is 0. The molecule has 0 bridgehead atoms. The predicted molar refractivity (Wildman–Crippen MR) is 58.9 cm³/mol. The van der Waals surface area contributed by atoms with Gasteiger partial charge in [-0.15, -0.1) is 0 Å². The second-order valence-corrected chi connectivity index (χ2v) is 4.66. The maximum atomic E-state index is 11.4. The van der Waals surface area contributed by atoms with Gasteiger partial charge in [0.25, 0.3) is 0 Å². The van der Waals surface area contributed by atoms with Crippen LogP contribution in [0.1, 0.15) is 46.0 Å². The maximum Gasteiger partial charge on any atom is 0.245 e. The van der Waals surface area contributed by atoms with Crippen LogP contribution in [-0.4, -0.2) is 18.1 Å². The first kappa shape index (κ1) is 12.5. The third kappa shape index (κ3) is 4.62. The van der Waals surface area contributed by atoms with Crippen LogP contribution in [-0.2, 0) is 9.63 Å². The first-order valence-corrected chi connectivity index (χ1v) is 5.79. The number of hydrogen-bond donors (Lipinski definition) is 2. The van der Waals surface area contributed by atoms with Crippen molar-refractivity contribution in [3.63, 3.8) is 0 Å². The maximum absolute atomic E-state index is 11.4. The highest BCUT2D eigenvalue weighted by Gasteiger charge is 2.18. The van der Waals surface area contributed by atoms with Gasteiger partial charge in [0.15, 0.2) is 0 Å². The fourth-order valence-corrected chi connectivity index (χ4v) is 1.65. The molecule has 1 amide bonds. The van der Waals surface area contributed by atoms with Crippen LogP contribution in [0.3, 0.4) is 0 Å². The van der Waals surface area contributed by atoms with Gasteiger partial charge in [-0.05, 0) is 18.8 Å². The normalized spacial score (nSPS) is 19.5. The van der Waals surface area contributed by atoms with E-state index in [4.69, 9.17) is 10.6 Å². The van der Waals surface area contributed by atoms with Gasteiger partial charge in [-0.3, -0.25) is 9.63 Å². The van der Waals surface area contributed by atoms with Gasteiger partial charge in [0.2, 0.25) is 5.91 Å². The molecule has 1 atom stereocenters. The molecule has 0 radical (unpaired) electrons. The largest absolute Gasteiger partial charge is 0.327 e. The minimum Gasteiger partial charge on any atom is -0.327 e. The summed E-state index contributed by atoms with van der Waals surface area (Å²) in [6.07, 6.45) is 5.06. The Balaban J connectivity index is 2.12. The molecule has 4 heteroatoms. The molecule has 0 aromatic rings. The Morgan fingerprint density at radius 2 is 2.07 bits per heavy atom. The molecule has 1 saturated carbocycles. The molecule has 88 valence electrons. The van der Waals surface area contributed by atoms with Crippen LogP contribution in [0.2, 0.25) is 0 Å². The van der Waals surface area contributed by atoms with E-state index in [1.165, 1.54) is 12.8 Å². The van der Waals surface area contributed by atoms with E-state index in [1.54, 1.807) is 0 Å². The number of carbonyl (C=O) groups is 1. The molecule has 0 saturated heterocycles. The Morgan fingerprint density at radius 1 is 1.47 bits per heavy atom. The Labute approximate surface area is 91.5 Å². The lowest BCUT2D eigenvalue weighted by Gasteiger charge is -2.16. The summed E-state index contributed by atoms with van der Waals surface area (Å²) in [6.45, 7) is 4.02. The van der Waals surface area contributed by atoms with Crippen LogP contribution >= 0.6 is 0 Å². The van der Waals surface area contributed by atoms with E-state index in [9.17, 15) is 4.79 Å². The van der Waals surface area contributed by atoms with Crippen molar-refractivity contribution in [2.75, 3.05) is 0 Å². The van der Waals surface area contributed by atoms with E-state index in [2.05, 4.69) is 5.48 Å². The third-order valence-corrected chi connectivity index (χ3v) is 2.92. The number of nitrogens with one attached hydrogen (secondary N) is 1. The zero-order valence-corrected chi connectivity index (χ0v) is 9.66. The Morgan fingerprint density at radius 3 is 2.60 bits per heavy atom. The Bertz CT molecular complexity index is 201. The molecule has 1 aliphatic rings. The zero-order chi connectivity index (χ0) is 11.3. The van der Waals surface area contributed by atoms with Gasteiger partial charge in [-0.1, -0.05) is 26.7 Å². The molecule has 0 heterocycles. The molecule has 0 aliphatic heterocycles. The van der Waals surface area contributed by atoms with Crippen molar-refractivity contribution >= 4 is 5.91 Å². The quantitative estimate of drug-likeness (QED) is 0.679. The van der Waals surface area contributed by atoms with Crippen molar-refractivity contribution in [3.8, 4) is 0 Å². The first-order chi connectivity index (χ1) is 7.09. The number of carbonyl (C=O) groups excluding carboxylic acids is 1. The highest BCUT2D eigenvalue weighted by molar-refractivity contribution is 5.75. The van der Waals surface area contributed by atoms with Crippen LogP contribution in [0.5, 0.6) is 0 Å². The van der Waals surface area contributed by atoms with Gasteiger partial charge in [0.1, 0.15) is 0 Å². The smallest absolute Gasteiger partial charge is 0.245 e. The van der Waals surface area contributed by atoms with E-state index in [1.807, 2.05) is 13.8 Å². The van der Waals surface area contributed by atoms with E-state index in [-0.39, 0.29) is 18.1 Å². The van der Waals surface area contributed by atoms with Crippen molar-refractivity contribution in [2.45, 2.75) is 58.1 Å². The summed E-state index contributed by atoms with van der Waals surface area (Å²) in [6, 6.07) is -0.0859. The molecule has 1 rings (SSSR count). The highest BCUT2D eigenvalue weighted by atomic mass is 16.7. The van der Waals surface area contributed by atoms with Gasteiger partial charge in [0.05, 0.1) is 6.10 Å². The fourth-order valence-electron chi connectivity index (χ4n) is 1.65. The first-order valence-electron chi connectivity index (χ1n) is 5.79. The van der Waals surface area contributed by atoms with E-state index in [0.717, 1.165) is 12.8 Å². The van der Waals surface area contributed by atoms with Crippen LogP contribution in [0.25, 0.3) is 0 Å². The van der Waals surface area contributed by atoms with Gasteiger partial charge >= 0.3 is 0 Å². The molecule has 0 aromatic heterocycles. The lowest BCUT2D eigenvalue weighted by atomic mass is 10.0. The number of rotatable bonds is 5. The topological polar surface area (TPSA) is 64.4 Å². The second kappa shape index (κ2) is 6.08. The number of amides is 1. The lowest BCUT2D eigenvalue weighted by molar-refractivity contribution is -0.138. The van der Waals surface area contributed by atoms with Crippen LogP contribution in [0.15, 0.2) is 0 Å². The predicted octanol–water partition coefficient (Wildman–Crippen LogP) is 1.35. The lowest BCUT2D eigenvalue weighted by Crippen LogP contribution is -2.36. The molecule has 15 heavy (non-hydrogen) atoms. The van der Waals surface area contributed by atoms with Crippen LogP contribution < -0.4 is 11.2 Å². The number of hydroxylamine groups is 1. The van der Waals surface area contributed by atoms with E-state index >= 15 is 0 Å². The van der Waals surface area contributed by atoms with Crippen molar-refractivity contribution in [1.82, 2.24) is 5.48 Å². The SMILES string of the molecule is CC(C)C(N)CC(=O)NOC1CCCC1. The number of nitrogens with two attached hydrogens (primary N) is 1. The van der Waals surface area contributed by atoms with Crippen LogP contribution in [0, 0.1) is 5.92 Å². The summed E-state index contributed by atoms with van der Waals surface area (Å²) in [4.78, 5) is 16.7. The molecule has 4 nitrogen and oxygen atoms in total. The molecular formula is C11H22N2O2. The highest BCUT2D eigenvalue weighted by Crippen LogP contribution is 2.19. The zero-order valence-electron chi connectivity index (χ0n) is 9.66. The van der Waals surface area contributed by atoms with E-state index in [0.29, 0.717) is 12.3 Å². The fraction of sp³-hybridized carbons (Fsp3) is 0.909. The Kier molecular flexibility index (Phi) is 5.05. The van der Waals surface area contributed by atoms with Crippen LogP contribution in [0.4, 0.5) is 0 Å². The summed E-state index contributed by atoms with van der Waals surface area (Å²) in [5.74, 6) is 0.213. The molecule has 0 spiro atoms. The summed E-state index contributed by atoms with van der Waals surface area (Å²) in [5, 5.41) is 0. The second-order valence-electron chi connectivity index (χ2n) is 4.66. The molecule has 3 N–H and O–H groups in total. The Hall–Kier alpha value is -0.610. The average Bonchev–Trinajstić information content (AvgIpc) is 2.66. The minimum absolute atomic E-state index is 0.0859. The average molecular weight is 214 g/mol. The van der Waals surface area contributed by atoms with Gasteiger partial charge in [-0.25, -0.2) is 5.48 Å². The third-order valence-electron chi connectivity index (χ3n) is 2.92. The molecular weight excluding hydrogens is 192 g/mol. The van der Waals surface area contributed by atoms with Crippen molar-refractivity contribution in [1.29, 1.82) is 0 Å². The van der Waals surface area contributed by atoms with Crippen molar-refractivity contribution in [2.24, 2.45) is 11.7 Å². The number of hydrogen-bond acceptors (Lipinski definition) is 3. The van der Waals surface area contributed by atoms with Gasteiger partial charge in [-0.2, -0.15) is 0 Å². The molecule has 0 aromatic carbocycles. The summed E-state index contributed by atoms with van der Waals surface area (Å²) < 4.78 is 0. The van der Waals surface area contributed by atoms with Crippen molar-refractivity contribution in [3.05, 3.63) is 0 Å². The summed E-state index contributed by atoms with van der Waals surface area (Å²) in [5.41, 5.74) is 8.28. The molecule has 1 fully saturated rings. The monoisotopic (exact) mass is 214 g/mol. The molecule has 1 unspecified atom stereocenters. The summed E-state index contributed by atoms with van der Waals surface area (Å²) in [7, 11) is 0.